The first-order chi connectivity index (χ1) is 11.6. The smallest absolute Gasteiger partial charge is 0.203 e. The molecule has 0 unspecified atom stereocenters. The lowest BCUT2D eigenvalue weighted by Crippen LogP contribution is -2.03. The van der Waals surface area contributed by atoms with E-state index in [1.54, 1.807) is 34.5 Å². The first kappa shape index (κ1) is 16.2. The Hall–Kier alpha value is -2.69. The molecule has 0 aromatic heterocycles. The van der Waals surface area contributed by atoms with E-state index >= 15 is 0 Å². The van der Waals surface area contributed by atoms with E-state index in [0.717, 1.165) is 16.9 Å². The molecule has 0 bridgehead atoms. The van der Waals surface area contributed by atoms with Crippen molar-refractivity contribution in [2.24, 2.45) is 0 Å². The summed E-state index contributed by atoms with van der Waals surface area (Å²) in [6.07, 6.45) is 0.397. The second-order valence-corrected chi connectivity index (χ2v) is 5.56. The van der Waals surface area contributed by atoms with Crippen LogP contribution in [0, 0.1) is 0 Å². The second kappa shape index (κ2) is 6.43. The third-order valence-electron chi connectivity index (χ3n) is 4.42. The Morgan fingerprint density at radius 1 is 0.875 bits per heavy atom. The Balaban J connectivity index is 2.17. The quantitative estimate of drug-likeness (QED) is 0.841. The van der Waals surface area contributed by atoms with Crippen LogP contribution in [0.25, 0.3) is 0 Å². The largest absolute Gasteiger partial charge is 0.497 e. The van der Waals surface area contributed by atoms with Crippen LogP contribution >= 0.6 is 0 Å². The molecular formula is C19H20O5. The molecule has 126 valence electrons. The van der Waals surface area contributed by atoms with Crippen LogP contribution in [-0.2, 0) is 0 Å². The molecule has 1 atom stereocenters. The molecule has 5 heteroatoms. The highest BCUT2D eigenvalue weighted by Gasteiger charge is 2.36. The number of hydrogen-bond donors (Lipinski definition) is 0. The van der Waals surface area contributed by atoms with E-state index in [0.29, 0.717) is 29.2 Å². The van der Waals surface area contributed by atoms with Crippen LogP contribution in [0.1, 0.15) is 33.8 Å². The summed E-state index contributed by atoms with van der Waals surface area (Å²) in [6.45, 7) is 0. The van der Waals surface area contributed by atoms with E-state index in [1.165, 1.54) is 0 Å². The lowest BCUT2D eigenvalue weighted by atomic mass is 9.92. The van der Waals surface area contributed by atoms with Gasteiger partial charge >= 0.3 is 0 Å². The van der Waals surface area contributed by atoms with Crippen molar-refractivity contribution in [3.05, 3.63) is 47.0 Å². The fraction of sp³-hybridized carbons (Fsp3) is 0.316. The molecule has 5 nitrogen and oxygen atoms in total. The van der Waals surface area contributed by atoms with Gasteiger partial charge in [0, 0.05) is 23.5 Å². The minimum atomic E-state index is -0.0758. The molecule has 0 fully saturated rings. The minimum absolute atomic E-state index is 0.0741. The molecule has 0 N–H and O–H groups in total. The number of ether oxygens (including phenoxy) is 4. The number of carbonyl (C=O) groups is 1. The Kier molecular flexibility index (Phi) is 4.34. The average Bonchev–Trinajstić information content (AvgIpc) is 2.96. The van der Waals surface area contributed by atoms with Gasteiger partial charge in [-0.05, 0) is 23.8 Å². The molecular weight excluding hydrogens is 308 g/mol. The summed E-state index contributed by atoms with van der Waals surface area (Å²) >= 11 is 0. The molecule has 0 heterocycles. The normalized spacial score (nSPS) is 15.8. The van der Waals surface area contributed by atoms with E-state index in [9.17, 15) is 4.79 Å². The predicted octanol–water partition coefficient (Wildman–Crippen LogP) is 3.44. The molecule has 0 aliphatic heterocycles. The van der Waals surface area contributed by atoms with E-state index in [4.69, 9.17) is 18.9 Å². The molecule has 0 saturated heterocycles. The Labute approximate surface area is 141 Å². The number of ketones is 1. The van der Waals surface area contributed by atoms with Crippen LogP contribution < -0.4 is 18.9 Å². The zero-order chi connectivity index (χ0) is 17.3. The van der Waals surface area contributed by atoms with Crippen LogP contribution in [0.2, 0.25) is 0 Å². The van der Waals surface area contributed by atoms with Gasteiger partial charge in [0.05, 0.1) is 28.4 Å². The first-order valence-electron chi connectivity index (χ1n) is 7.64. The third-order valence-corrected chi connectivity index (χ3v) is 4.42. The van der Waals surface area contributed by atoms with Crippen LogP contribution in [0.5, 0.6) is 23.0 Å². The average molecular weight is 328 g/mol. The zero-order valence-corrected chi connectivity index (χ0v) is 14.2. The van der Waals surface area contributed by atoms with E-state index in [2.05, 4.69) is 0 Å². The van der Waals surface area contributed by atoms with Gasteiger partial charge in [-0.25, -0.2) is 0 Å². The van der Waals surface area contributed by atoms with Gasteiger partial charge in [-0.15, -0.1) is 0 Å². The molecule has 0 spiro atoms. The highest BCUT2D eigenvalue weighted by molar-refractivity contribution is 6.03. The molecule has 0 amide bonds. The van der Waals surface area contributed by atoms with Gasteiger partial charge in [-0.2, -0.15) is 0 Å². The van der Waals surface area contributed by atoms with Crippen LogP contribution in [0.4, 0.5) is 0 Å². The number of carbonyl (C=O) groups excluding carboxylic acids is 1. The van der Waals surface area contributed by atoms with Gasteiger partial charge in [-0.3, -0.25) is 4.79 Å². The molecule has 1 aliphatic carbocycles. The lowest BCUT2D eigenvalue weighted by molar-refractivity contribution is 0.0991. The number of Topliss-reactive ketones (excluding diaryl/α,β-unsaturated/α-hetero) is 1. The summed E-state index contributed by atoms with van der Waals surface area (Å²) in [5.41, 5.74) is 2.52. The summed E-state index contributed by atoms with van der Waals surface area (Å²) in [4.78, 5) is 12.5. The van der Waals surface area contributed by atoms with Crippen molar-refractivity contribution in [3.63, 3.8) is 0 Å². The number of rotatable bonds is 5. The minimum Gasteiger partial charge on any atom is -0.497 e. The number of fused-ring (bicyclic) bond motifs is 1. The Morgan fingerprint density at radius 3 is 2.08 bits per heavy atom. The maximum Gasteiger partial charge on any atom is 0.203 e. The van der Waals surface area contributed by atoms with Gasteiger partial charge < -0.3 is 18.9 Å². The van der Waals surface area contributed by atoms with E-state index in [-0.39, 0.29) is 11.7 Å². The second-order valence-electron chi connectivity index (χ2n) is 5.56. The SMILES string of the molecule is COc1ccc([C@@H]2CC(=O)c3cc(OC)c(OC)c(OC)c32)cc1. The number of benzene rings is 2. The summed E-state index contributed by atoms with van der Waals surface area (Å²) in [5.74, 6) is 2.34. The highest BCUT2D eigenvalue weighted by atomic mass is 16.5. The Morgan fingerprint density at radius 2 is 1.54 bits per heavy atom. The molecule has 2 aromatic rings. The van der Waals surface area contributed by atoms with Crippen LogP contribution in [-0.4, -0.2) is 34.2 Å². The molecule has 1 aliphatic rings. The topological polar surface area (TPSA) is 54.0 Å². The van der Waals surface area contributed by atoms with Crippen molar-refractivity contribution < 1.29 is 23.7 Å². The van der Waals surface area contributed by atoms with Gasteiger partial charge in [0.2, 0.25) is 5.75 Å². The Bertz CT molecular complexity index is 764. The summed E-state index contributed by atoms with van der Waals surface area (Å²) < 4.78 is 21.6. The number of methoxy groups -OCH3 is 4. The molecule has 3 rings (SSSR count). The summed E-state index contributed by atoms with van der Waals surface area (Å²) in [5, 5.41) is 0. The van der Waals surface area contributed by atoms with Gasteiger partial charge in [0.1, 0.15) is 5.75 Å². The van der Waals surface area contributed by atoms with Crippen molar-refractivity contribution in [3.8, 4) is 23.0 Å². The van der Waals surface area contributed by atoms with Crippen molar-refractivity contribution >= 4 is 5.78 Å². The van der Waals surface area contributed by atoms with Gasteiger partial charge in [0.15, 0.2) is 17.3 Å². The fourth-order valence-electron chi connectivity index (χ4n) is 3.27. The highest BCUT2D eigenvalue weighted by Crippen LogP contribution is 2.51. The van der Waals surface area contributed by atoms with E-state index < -0.39 is 0 Å². The molecule has 0 saturated carbocycles. The van der Waals surface area contributed by atoms with Gasteiger partial charge in [-0.1, -0.05) is 12.1 Å². The van der Waals surface area contributed by atoms with Crippen LogP contribution in [0.15, 0.2) is 30.3 Å². The summed E-state index contributed by atoms with van der Waals surface area (Å²) in [6, 6.07) is 9.47. The molecule has 0 radical (unpaired) electrons. The first-order valence-corrected chi connectivity index (χ1v) is 7.64. The third kappa shape index (κ3) is 2.46. The maximum absolute atomic E-state index is 12.5. The molecule has 2 aromatic carbocycles. The van der Waals surface area contributed by atoms with Crippen LogP contribution in [0.3, 0.4) is 0 Å². The van der Waals surface area contributed by atoms with Crippen molar-refractivity contribution in [2.75, 3.05) is 28.4 Å². The monoisotopic (exact) mass is 328 g/mol. The van der Waals surface area contributed by atoms with Gasteiger partial charge in [0.25, 0.3) is 0 Å². The molecule has 24 heavy (non-hydrogen) atoms. The lowest BCUT2D eigenvalue weighted by Gasteiger charge is -2.19. The van der Waals surface area contributed by atoms with Crippen molar-refractivity contribution in [2.45, 2.75) is 12.3 Å². The van der Waals surface area contributed by atoms with Crippen molar-refractivity contribution in [1.29, 1.82) is 0 Å². The number of hydrogen-bond acceptors (Lipinski definition) is 5. The van der Waals surface area contributed by atoms with Crippen molar-refractivity contribution in [1.82, 2.24) is 0 Å². The standard InChI is InChI=1S/C19H20O5/c1-21-12-7-5-11(6-8-12)13-9-15(20)14-10-16(22-2)18(23-3)19(24-4)17(13)14/h5-8,10,13H,9H2,1-4H3/t13-/m0/s1. The fourth-order valence-corrected chi connectivity index (χ4v) is 3.27. The zero-order valence-electron chi connectivity index (χ0n) is 14.2. The summed E-state index contributed by atoms with van der Waals surface area (Å²) in [7, 11) is 6.31. The maximum atomic E-state index is 12.5. The van der Waals surface area contributed by atoms with E-state index in [1.807, 2.05) is 24.3 Å². The predicted molar refractivity (Wildman–Crippen MR) is 89.9 cm³/mol.